The number of aliphatic hydroxyl groups excluding tert-OH is 1. The first-order valence-electron chi connectivity index (χ1n) is 6.12. The van der Waals surface area contributed by atoms with Crippen molar-refractivity contribution in [3.05, 3.63) is 0 Å². The van der Waals surface area contributed by atoms with Crippen molar-refractivity contribution in [2.24, 2.45) is 11.8 Å². The van der Waals surface area contributed by atoms with E-state index in [1.807, 2.05) is 0 Å². The summed E-state index contributed by atoms with van der Waals surface area (Å²) in [5.41, 5.74) is -0.669. The van der Waals surface area contributed by atoms with E-state index in [1.165, 1.54) is 0 Å². The third-order valence-electron chi connectivity index (χ3n) is 2.36. The van der Waals surface area contributed by atoms with Crippen molar-refractivity contribution in [3.8, 4) is 6.07 Å². The van der Waals surface area contributed by atoms with Crippen LogP contribution in [0.25, 0.3) is 0 Å². The summed E-state index contributed by atoms with van der Waals surface area (Å²) in [4.78, 5) is 0. The molecule has 0 aromatic carbocycles. The van der Waals surface area contributed by atoms with Gasteiger partial charge >= 0.3 is 0 Å². The van der Waals surface area contributed by atoms with E-state index >= 15 is 0 Å². The summed E-state index contributed by atoms with van der Waals surface area (Å²) < 4.78 is 5.72. The summed E-state index contributed by atoms with van der Waals surface area (Å²) in [6.45, 7) is 8.97. The molecule has 0 bridgehead atoms. The Bertz CT molecular complexity index is 208. The molecule has 0 spiro atoms. The molecule has 0 rings (SSSR count). The number of aliphatic hydroxyl groups is 1. The number of rotatable bonds is 8. The Kier molecular flexibility index (Phi) is 7.36. The van der Waals surface area contributed by atoms with Crippen LogP contribution in [0.15, 0.2) is 0 Å². The van der Waals surface area contributed by atoms with Gasteiger partial charge < -0.3 is 9.84 Å². The smallest absolute Gasteiger partial charge is 0.154 e. The van der Waals surface area contributed by atoms with E-state index in [-0.39, 0.29) is 6.61 Å². The fraction of sp³-hybridized carbons (Fsp3) is 0.923. The average molecular weight is 227 g/mol. The average Bonchev–Trinajstić information content (AvgIpc) is 2.16. The van der Waals surface area contributed by atoms with Crippen LogP contribution < -0.4 is 0 Å². The van der Waals surface area contributed by atoms with Gasteiger partial charge in [0.25, 0.3) is 0 Å². The van der Waals surface area contributed by atoms with Crippen molar-refractivity contribution >= 4 is 0 Å². The highest BCUT2D eigenvalue weighted by Crippen LogP contribution is 2.28. The molecule has 94 valence electrons. The van der Waals surface area contributed by atoms with E-state index in [0.717, 1.165) is 12.8 Å². The Balaban J connectivity index is 4.49. The molecule has 0 atom stereocenters. The second-order valence-electron chi connectivity index (χ2n) is 5.23. The zero-order valence-corrected chi connectivity index (χ0v) is 11.0. The van der Waals surface area contributed by atoms with E-state index in [2.05, 4.69) is 33.8 Å². The lowest BCUT2D eigenvalue weighted by Crippen LogP contribution is -2.35. The van der Waals surface area contributed by atoms with Gasteiger partial charge in [-0.25, -0.2) is 0 Å². The molecule has 0 amide bonds. The summed E-state index contributed by atoms with van der Waals surface area (Å²) in [7, 11) is 0. The van der Waals surface area contributed by atoms with Crippen molar-refractivity contribution < 1.29 is 9.84 Å². The molecule has 3 nitrogen and oxygen atoms in total. The topological polar surface area (TPSA) is 53.2 Å². The highest BCUT2D eigenvalue weighted by molar-refractivity contribution is 5.02. The zero-order chi connectivity index (χ0) is 12.6. The standard InChI is InChI=1S/C13H25NO2/c1-11(2)8-13(10-14,9-12(3)4)16-7-5-6-15/h11-12,15H,5-9H2,1-4H3. The van der Waals surface area contributed by atoms with E-state index in [9.17, 15) is 5.26 Å². The van der Waals surface area contributed by atoms with Crippen molar-refractivity contribution in [3.63, 3.8) is 0 Å². The van der Waals surface area contributed by atoms with Gasteiger partial charge in [-0.15, -0.1) is 0 Å². The molecule has 0 heterocycles. The van der Waals surface area contributed by atoms with Gasteiger partial charge in [0.05, 0.1) is 12.7 Å². The largest absolute Gasteiger partial charge is 0.396 e. The highest BCUT2D eigenvalue weighted by atomic mass is 16.5. The molecular formula is C13H25NO2. The normalized spacial score (nSPS) is 12.1. The third-order valence-corrected chi connectivity index (χ3v) is 2.36. The first-order valence-corrected chi connectivity index (χ1v) is 6.12. The number of nitriles is 1. The van der Waals surface area contributed by atoms with E-state index in [1.54, 1.807) is 0 Å². The van der Waals surface area contributed by atoms with Gasteiger partial charge in [-0.3, -0.25) is 0 Å². The number of ether oxygens (including phenoxy) is 1. The maximum atomic E-state index is 9.34. The van der Waals surface area contributed by atoms with Crippen molar-refractivity contribution in [1.82, 2.24) is 0 Å². The van der Waals surface area contributed by atoms with Crippen LogP contribution in [0.3, 0.4) is 0 Å². The molecule has 0 aliphatic rings. The van der Waals surface area contributed by atoms with E-state index < -0.39 is 5.60 Å². The molecule has 0 fully saturated rings. The molecule has 0 unspecified atom stereocenters. The summed E-state index contributed by atoms with van der Waals surface area (Å²) in [6.07, 6.45) is 2.11. The quantitative estimate of drug-likeness (QED) is 0.649. The summed E-state index contributed by atoms with van der Waals surface area (Å²) in [6, 6.07) is 2.33. The molecule has 0 aromatic heterocycles. The Morgan fingerprint density at radius 2 is 1.69 bits per heavy atom. The molecule has 0 radical (unpaired) electrons. The Hall–Kier alpha value is -0.590. The predicted molar refractivity (Wildman–Crippen MR) is 64.9 cm³/mol. The molecule has 0 aliphatic carbocycles. The Labute approximate surface area is 99.4 Å². The Morgan fingerprint density at radius 3 is 2.00 bits per heavy atom. The fourth-order valence-corrected chi connectivity index (χ4v) is 1.98. The lowest BCUT2D eigenvalue weighted by molar-refractivity contribution is -0.0346. The van der Waals surface area contributed by atoms with Crippen LogP contribution in [-0.2, 0) is 4.74 Å². The first kappa shape index (κ1) is 15.4. The molecule has 0 aliphatic heterocycles. The lowest BCUT2D eigenvalue weighted by Gasteiger charge is -2.30. The maximum absolute atomic E-state index is 9.34. The van der Waals surface area contributed by atoms with E-state index in [0.29, 0.717) is 24.9 Å². The third kappa shape index (κ3) is 6.09. The Morgan fingerprint density at radius 1 is 1.19 bits per heavy atom. The van der Waals surface area contributed by atoms with Crippen molar-refractivity contribution in [2.75, 3.05) is 13.2 Å². The van der Waals surface area contributed by atoms with Gasteiger partial charge in [0, 0.05) is 6.61 Å². The van der Waals surface area contributed by atoms with Crippen molar-refractivity contribution in [2.45, 2.75) is 52.6 Å². The van der Waals surface area contributed by atoms with Crippen LogP contribution in [0.1, 0.15) is 47.0 Å². The summed E-state index contributed by atoms with van der Waals surface area (Å²) in [5.74, 6) is 0.875. The van der Waals surface area contributed by atoms with Crippen LogP contribution in [0.4, 0.5) is 0 Å². The summed E-state index contributed by atoms with van der Waals surface area (Å²) in [5, 5.41) is 18.1. The van der Waals surface area contributed by atoms with Gasteiger partial charge in [0.15, 0.2) is 5.60 Å². The van der Waals surface area contributed by atoms with Gasteiger partial charge in [0.1, 0.15) is 0 Å². The van der Waals surface area contributed by atoms with Crippen LogP contribution >= 0.6 is 0 Å². The molecule has 0 saturated heterocycles. The van der Waals surface area contributed by atoms with Crippen LogP contribution in [0, 0.1) is 23.2 Å². The van der Waals surface area contributed by atoms with Gasteiger partial charge in [-0.1, -0.05) is 27.7 Å². The highest BCUT2D eigenvalue weighted by Gasteiger charge is 2.32. The minimum absolute atomic E-state index is 0.116. The second kappa shape index (κ2) is 7.65. The number of nitrogens with zero attached hydrogens (tertiary/aromatic N) is 1. The van der Waals surface area contributed by atoms with Crippen LogP contribution in [0.5, 0.6) is 0 Å². The van der Waals surface area contributed by atoms with Crippen LogP contribution in [-0.4, -0.2) is 23.9 Å². The fourth-order valence-electron chi connectivity index (χ4n) is 1.98. The molecule has 16 heavy (non-hydrogen) atoms. The van der Waals surface area contributed by atoms with Gasteiger partial charge in [-0.05, 0) is 31.1 Å². The van der Waals surface area contributed by atoms with Gasteiger partial charge in [0.2, 0.25) is 0 Å². The van der Waals surface area contributed by atoms with E-state index in [4.69, 9.17) is 9.84 Å². The molecule has 3 heteroatoms. The molecule has 0 saturated carbocycles. The maximum Gasteiger partial charge on any atom is 0.154 e. The summed E-state index contributed by atoms with van der Waals surface area (Å²) >= 11 is 0. The molecular weight excluding hydrogens is 202 g/mol. The molecule has 0 aromatic rings. The lowest BCUT2D eigenvalue weighted by atomic mass is 9.86. The van der Waals surface area contributed by atoms with Gasteiger partial charge in [-0.2, -0.15) is 5.26 Å². The SMILES string of the molecule is CC(C)CC(C#N)(CC(C)C)OCCCO. The monoisotopic (exact) mass is 227 g/mol. The zero-order valence-electron chi connectivity index (χ0n) is 11.0. The number of hydrogen-bond acceptors (Lipinski definition) is 3. The molecule has 1 N–H and O–H groups in total. The second-order valence-corrected chi connectivity index (χ2v) is 5.23. The minimum Gasteiger partial charge on any atom is -0.396 e. The number of hydrogen-bond donors (Lipinski definition) is 1. The minimum atomic E-state index is -0.669. The van der Waals surface area contributed by atoms with Crippen molar-refractivity contribution in [1.29, 1.82) is 5.26 Å². The van der Waals surface area contributed by atoms with Crippen LogP contribution in [0.2, 0.25) is 0 Å². The first-order chi connectivity index (χ1) is 7.45. The predicted octanol–water partition coefficient (Wildman–Crippen LogP) is 2.74.